The van der Waals surface area contributed by atoms with Crippen molar-refractivity contribution in [1.82, 2.24) is 9.80 Å². The van der Waals surface area contributed by atoms with Crippen molar-refractivity contribution in [1.29, 1.82) is 0 Å². The van der Waals surface area contributed by atoms with Crippen LogP contribution < -0.4 is 5.43 Å². The molecule has 0 radical (unpaired) electrons. The zero-order valence-electron chi connectivity index (χ0n) is 15.3. The summed E-state index contributed by atoms with van der Waals surface area (Å²) in [5.41, 5.74) is 0.605. The number of rotatable bonds is 4. The van der Waals surface area contributed by atoms with Crippen molar-refractivity contribution in [2.75, 3.05) is 39.4 Å². The first-order chi connectivity index (χ1) is 13.7. The number of hydrogen-bond donors (Lipinski definition) is 0. The van der Waals surface area contributed by atoms with Gasteiger partial charge < -0.3 is 18.5 Å². The molecule has 1 fully saturated rings. The zero-order valence-corrected chi connectivity index (χ0v) is 15.3. The van der Waals surface area contributed by atoms with Crippen molar-refractivity contribution in [3.8, 4) is 0 Å². The van der Waals surface area contributed by atoms with Gasteiger partial charge in [-0.2, -0.15) is 0 Å². The molecule has 1 saturated heterocycles. The molecule has 0 saturated carbocycles. The van der Waals surface area contributed by atoms with E-state index in [1.165, 1.54) is 0 Å². The molecule has 2 aromatic heterocycles. The van der Waals surface area contributed by atoms with E-state index in [-0.39, 0.29) is 17.1 Å². The van der Waals surface area contributed by atoms with Gasteiger partial charge in [0, 0.05) is 26.2 Å². The summed E-state index contributed by atoms with van der Waals surface area (Å²) in [6.45, 7) is 4.24. The maximum absolute atomic E-state index is 13.2. The van der Waals surface area contributed by atoms with E-state index >= 15 is 0 Å². The van der Waals surface area contributed by atoms with Gasteiger partial charge in [0.05, 0.1) is 30.4 Å². The minimum absolute atomic E-state index is 0.118. The normalized spacial score (nSPS) is 20.1. The fourth-order valence-corrected chi connectivity index (χ4v) is 4.01. The first-order valence-electron chi connectivity index (χ1n) is 9.44. The van der Waals surface area contributed by atoms with E-state index < -0.39 is 6.04 Å². The second-order valence-corrected chi connectivity index (χ2v) is 7.04. The average Bonchev–Trinajstić information content (AvgIpc) is 3.35. The Labute approximate surface area is 161 Å². The summed E-state index contributed by atoms with van der Waals surface area (Å²) in [7, 11) is 0. The zero-order chi connectivity index (χ0) is 19.1. The highest BCUT2D eigenvalue weighted by atomic mass is 16.5. The molecule has 3 aromatic rings. The molecule has 4 heterocycles. The predicted octanol–water partition coefficient (Wildman–Crippen LogP) is 2.26. The number of morpholine rings is 1. The molecule has 0 bridgehead atoms. The quantitative estimate of drug-likeness (QED) is 0.691. The van der Waals surface area contributed by atoms with Crippen LogP contribution in [0.3, 0.4) is 0 Å². The van der Waals surface area contributed by atoms with Gasteiger partial charge in [0.2, 0.25) is 5.76 Å². The van der Waals surface area contributed by atoms with Crippen LogP contribution in [0.2, 0.25) is 0 Å². The van der Waals surface area contributed by atoms with Gasteiger partial charge in [0.25, 0.3) is 5.91 Å². The Balaban J connectivity index is 1.57. The molecule has 1 aromatic carbocycles. The number of furan rings is 1. The third kappa shape index (κ3) is 2.75. The summed E-state index contributed by atoms with van der Waals surface area (Å²) < 4.78 is 16.9. The SMILES string of the molecule is O=C1c2oc3ccccc3c(=O)c2[C@H](c2ccco2)N1CCN1CCOCC1. The van der Waals surface area contributed by atoms with Crippen molar-refractivity contribution in [2.24, 2.45) is 0 Å². The number of fused-ring (bicyclic) bond motifs is 2. The van der Waals surface area contributed by atoms with E-state index in [1.54, 1.807) is 47.6 Å². The lowest BCUT2D eigenvalue weighted by molar-refractivity contribution is 0.0310. The molecule has 0 unspecified atom stereocenters. The Morgan fingerprint density at radius 3 is 2.61 bits per heavy atom. The van der Waals surface area contributed by atoms with Crippen LogP contribution in [0.1, 0.15) is 27.9 Å². The minimum atomic E-state index is -0.570. The first kappa shape index (κ1) is 17.2. The molecule has 7 nitrogen and oxygen atoms in total. The van der Waals surface area contributed by atoms with Crippen LogP contribution in [-0.2, 0) is 4.74 Å². The van der Waals surface area contributed by atoms with Gasteiger partial charge >= 0.3 is 0 Å². The Kier molecular flexibility index (Phi) is 4.26. The van der Waals surface area contributed by atoms with Gasteiger partial charge in [-0.3, -0.25) is 14.5 Å². The summed E-state index contributed by atoms with van der Waals surface area (Å²) in [5.74, 6) is 0.413. The van der Waals surface area contributed by atoms with Crippen molar-refractivity contribution in [3.63, 3.8) is 0 Å². The average molecular weight is 380 g/mol. The highest BCUT2D eigenvalue weighted by Gasteiger charge is 2.44. The largest absolute Gasteiger partial charge is 0.467 e. The van der Waals surface area contributed by atoms with Crippen LogP contribution in [-0.4, -0.2) is 55.1 Å². The van der Waals surface area contributed by atoms with E-state index in [0.29, 0.717) is 48.6 Å². The fraction of sp³-hybridized carbons (Fsp3) is 0.333. The van der Waals surface area contributed by atoms with E-state index in [9.17, 15) is 9.59 Å². The van der Waals surface area contributed by atoms with Gasteiger partial charge in [0.15, 0.2) is 5.43 Å². The number of carbonyl (C=O) groups is 1. The second kappa shape index (κ2) is 6.92. The van der Waals surface area contributed by atoms with Gasteiger partial charge in [0.1, 0.15) is 17.4 Å². The maximum atomic E-state index is 13.2. The highest BCUT2D eigenvalue weighted by Crippen LogP contribution is 2.38. The van der Waals surface area contributed by atoms with Crippen molar-refractivity contribution >= 4 is 16.9 Å². The Morgan fingerprint density at radius 2 is 1.82 bits per heavy atom. The van der Waals surface area contributed by atoms with Gasteiger partial charge in [-0.25, -0.2) is 0 Å². The minimum Gasteiger partial charge on any atom is -0.467 e. The van der Waals surface area contributed by atoms with Gasteiger partial charge in [-0.05, 0) is 24.3 Å². The molecule has 1 amide bonds. The number of amides is 1. The van der Waals surface area contributed by atoms with Gasteiger partial charge in [-0.15, -0.1) is 0 Å². The lowest BCUT2D eigenvalue weighted by Gasteiger charge is -2.30. The molecular formula is C21H20N2O5. The van der Waals surface area contributed by atoms with Crippen molar-refractivity contribution in [2.45, 2.75) is 6.04 Å². The van der Waals surface area contributed by atoms with Crippen LogP contribution in [0, 0.1) is 0 Å². The number of para-hydroxylation sites is 1. The fourth-order valence-electron chi connectivity index (χ4n) is 4.01. The molecule has 28 heavy (non-hydrogen) atoms. The van der Waals surface area contributed by atoms with E-state index in [0.717, 1.165) is 13.1 Å². The molecule has 5 rings (SSSR count). The molecular weight excluding hydrogens is 360 g/mol. The Morgan fingerprint density at radius 1 is 1.00 bits per heavy atom. The van der Waals surface area contributed by atoms with Gasteiger partial charge in [-0.1, -0.05) is 12.1 Å². The topological polar surface area (TPSA) is 76.1 Å². The molecule has 2 aliphatic rings. The second-order valence-electron chi connectivity index (χ2n) is 7.04. The number of hydrogen-bond acceptors (Lipinski definition) is 6. The van der Waals surface area contributed by atoms with Crippen LogP contribution in [0.4, 0.5) is 0 Å². The first-order valence-corrected chi connectivity index (χ1v) is 9.44. The lowest BCUT2D eigenvalue weighted by atomic mass is 10.0. The number of ether oxygens (including phenoxy) is 1. The monoisotopic (exact) mass is 380 g/mol. The molecule has 144 valence electrons. The third-order valence-corrected chi connectivity index (χ3v) is 5.45. The molecule has 0 aliphatic carbocycles. The third-order valence-electron chi connectivity index (χ3n) is 5.45. The van der Waals surface area contributed by atoms with Crippen LogP contribution in [0.5, 0.6) is 0 Å². The highest BCUT2D eigenvalue weighted by molar-refractivity contribution is 5.98. The van der Waals surface area contributed by atoms with E-state index in [2.05, 4.69) is 4.90 Å². The lowest BCUT2D eigenvalue weighted by Crippen LogP contribution is -2.42. The molecule has 0 spiro atoms. The number of nitrogens with zero attached hydrogens (tertiary/aromatic N) is 2. The van der Waals surface area contributed by atoms with Crippen molar-refractivity contribution < 1.29 is 18.4 Å². The van der Waals surface area contributed by atoms with Crippen LogP contribution in [0.25, 0.3) is 11.0 Å². The molecule has 0 N–H and O–H groups in total. The summed E-state index contributed by atoms with van der Waals surface area (Å²) in [6.07, 6.45) is 1.56. The summed E-state index contributed by atoms with van der Waals surface area (Å²) in [5, 5.41) is 0.473. The van der Waals surface area contributed by atoms with E-state index in [4.69, 9.17) is 13.6 Å². The van der Waals surface area contributed by atoms with Crippen LogP contribution >= 0.6 is 0 Å². The molecule has 1 atom stereocenters. The summed E-state index contributed by atoms with van der Waals surface area (Å²) in [4.78, 5) is 30.3. The molecule has 2 aliphatic heterocycles. The van der Waals surface area contributed by atoms with E-state index in [1.807, 2.05) is 0 Å². The number of carbonyl (C=O) groups excluding carboxylic acids is 1. The predicted molar refractivity (Wildman–Crippen MR) is 101 cm³/mol. The molecule has 7 heteroatoms. The summed E-state index contributed by atoms with van der Waals surface area (Å²) in [6, 6.07) is 10.0. The Bertz CT molecular complexity index is 1070. The Hall–Kier alpha value is -2.90. The van der Waals surface area contributed by atoms with Crippen LogP contribution in [0.15, 0.2) is 56.3 Å². The maximum Gasteiger partial charge on any atom is 0.291 e. The standard InChI is InChI=1S/C21H20N2O5/c24-19-14-4-1-2-5-15(14)28-20-17(19)18(16-6-3-11-27-16)23(21(20)25)8-7-22-9-12-26-13-10-22/h1-6,11,18H,7-10,12-13H2/t18-/m0/s1. The van der Waals surface area contributed by atoms with Crippen molar-refractivity contribution in [3.05, 3.63) is 70.0 Å². The summed E-state index contributed by atoms with van der Waals surface area (Å²) >= 11 is 0. The smallest absolute Gasteiger partial charge is 0.291 e. The number of benzene rings is 1.